The number of hydrogen-bond donors (Lipinski definition) is 1. The zero-order chi connectivity index (χ0) is 18.8. The zero-order valence-corrected chi connectivity index (χ0v) is 15.4. The molecule has 1 aliphatic heterocycles. The van der Waals surface area contributed by atoms with E-state index in [1.807, 2.05) is 32.4 Å². The lowest BCUT2D eigenvalue weighted by Gasteiger charge is -2.29. The molecule has 0 saturated carbocycles. The van der Waals surface area contributed by atoms with E-state index in [4.69, 9.17) is 4.74 Å². The predicted octanol–water partition coefficient (Wildman–Crippen LogP) is 1.69. The van der Waals surface area contributed by atoms with Crippen LogP contribution in [0, 0.1) is 0 Å². The van der Waals surface area contributed by atoms with Gasteiger partial charge in [-0.2, -0.15) is 5.10 Å². The first-order chi connectivity index (χ1) is 13.1. The summed E-state index contributed by atoms with van der Waals surface area (Å²) in [6.45, 7) is 2.31. The third-order valence-electron chi connectivity index (χ3n) is 4.60. The van der Waals surface area contributed by atoms with E-state index in [0.717, 1.165) is 35.2 Å². The summed E-state index contributed by atoms with van der Waals surface area (Å²) in [7, 11) is 3.90. The van der Waals surface area contributed by atoms with Crippen LogP contribution in [0.5, 0.6) is 0 Å². The van der Waals surface area contributed by atoms with Gasteiger partial charge in [-0.15, -0.1) is 0 Å². The number of carbonyl (C=O) groups is 1. The average molecular weight is 366 g/mol. The molecule has 0 aliphatic carbocycles. The number of morpholine rings is 1. The van der Waals surface area contributed by atoms with Gasteiger partial charge in [0.1, 0.15) is 5.82 Å². The van der Waals surface area contributed by atoms with E-state index >= 15 is 0 Å². The number of rotatable bonds is 4. The van der Waals surface area contributed by atoms with Gasteiger partial charge in [0.2, 0.25) is 5.91 Å². The molecular weight excluding hydrogens is 344 g/mol. The molecule has 1 N–H and O–H groups in total. The number of anilines is 1. The van der Waals surface area contributed by atoms with E-state index in [2.05, 4.69) is 25.3 Å². The van der Waals surface area contributed by atoms with E-state index in [0.29, 0.717) is 18.8 Å². The van der Waals surface area contributed by atoms with Gasteiger partial charge in [-0.05, 0) is 19.2 Å². The van der Waals surface area contributed by atoms with Crippen molar-refractivity contribution in [3.05, 3.63) is 36.8 Å². The van der Waals surface area contributed by atoms with E-state index < -0.39 is 0 Å². The average Bonchev–Trinajstić information content (AvgIpc) is 3.07. The van der Waals surface area contributed by atoms with Gasteiger partial charge in [-0.1, -0.05) is 0 Å². The molecule has 8 nitrogen and oxygen atoms in total. The Morgan fingerprint density at radius 3 is 3.00 bits per heavy atom. The minimum atomic E-state index is -0.106. The van der Waals surface area contributed by atoms with Gasteiger partial charge in [-0.3, -0.25) is 9.48 Å². The fraction of sp³-hybridized carbons (Fsp3) is 0.368. The zero-order valence-electron chi connectivity index (χ0n) is 15.4. The Labute approximate surface area is 157 Å². The molecule has 27 heavy (non-hydrogen) atoms. The Bertz CT molecular complexity index is 970. The van der Waals surface area contributed by atoms with Crippen LogP contribution in [0.15, 0.2) is 36.8 Å². The monoisotopic (exact) mass is 366 g/mol. The molecule has 1 saturated heterocycles. The Hall–Kier alpha value is -2.84. The van der Waals surface area contributed by atoms with E-state index in [9.17, 15) is 4.79 Å². The number of fused-ring (bicyclic) bond motifs is 1. The van der Waals surface area contributed by atoms with Crippen LogP contribution < -0.4 is 5.32 Å². The quantitative estimate of drug-likeness (QED) is 0.756. The summed E-state index contributed by atoms with van der Waals surface area (Å²) in [5.41, 5.74) is 2.55. The summed E-state index contributed by atoms with van der Waals surface area (Å²) < 4.78 is 7.39. The Kier molecular flexibility index (Phi) is 4.83. The van der Waals surface area contributed by atoms with Crippen LogP contribution in [0.1, 0.15) is 6.42 Å². The SMILES string of the molecule is CN1CCOC(CC(=O)Nc2cc3nc(-c4cnn(C)c4)ccc3cn2)C1. The highest BCUT2D eigenvalue weighted by molar-refractivity contribution is 5.92. The van der Waals surface area contributed by atoms with Gasteiger partial charge in [0.15, 0.2) is 0 Å². The minimum absolute atomic E-state index is 0.0838. The minimum Gasteiger partial charge on any atom is -0.375 e. The number of amides is 1. The van der Waals surface area contributed by atoms with Gasteiger partial charge >= 0.3 is 0 Å². The molecule has 1 aliphatic rings. The van der Waals surface area contributed by atoms with Gasteiger partial charge in [-0.25, -0.2) is 9.97 Å². The Balaban J connectivity index is 1.49. The van der Waals surface area contributed by atoms with Crippen LogP contribution in [-0.2, 0) is 16.6 Å². The van der Waals surface area contributed by atoms with Crippen molar-refractivity contribution in [2.75, 3.05) is 32.1 Å². The van der Waals surface area contributed by atoms with Crippen LogP contribution in [0.3, 0.4) is 0 Å². The summed E-state index contributed by atoms with van der Waals surface area (Å²) in [6, 6.07) is 5.70. The maximum absolute atomic E-state index is 12.3. The number of likely N-dealkylation sites (N-methyl/N-ethyl adjacent to an activating group) is 1. The summed E-state index contributed by atoms with van der Waals surface area (Å²) in [6.07, 6.45) is 5.64. The van der Waals surface area contributed by atoms with Crippen molar-refractivity contribution < 1.29 is 9.53 Å². The lowest BCUT2D eigenvalue weighted by molar-refractivity contribution is -0.120. The lowest BCUT2D eigenvalue weighted by atomic mass is 10.2. The molecule has 1 fully saturated rings. The number of nitrogens with one attached hydrogen (secondary N) is 1. The van der Waals surface area contributed by atoms with Gasteiger partial charge in [0, 0.05) is 49.5 Å². The second-order valence-corrected chi connectivity index (χ2v) is 6.87. The summed E-state index contributed by atoms with van der Waals surface area (Å²) in [5, 5.41) is 7.95. The molecule has 1 amide bonds. The molecule has 1 unspecified atom stereocenters. The number of aryl methyl sites for hydroxylation is 1. The first-order valence-electron chi connectivity index (χ1n) is 8.92. The number of hydrogen-bond acceptors (Lipinski definition) is 6. The largest absolute Gasteiger partial charge is 0.375 e. The second-order valence-electron chi connectivity index (χ2n) is 6.87. The smallest absolute Gasteiger partial charge is 0.228 e. The second kappa shape index (κ2) is 7.42. The number of nitrogens with zero attached hydrogens (tertiary/aromatic N) is 5. The first-order valence-corrected chi connectivity index (χ1v) is 8.92. The first kappa shape index (κ1) is 17.6. The van der Waals surface area contributed by atoms with Crippen molar-refractivity contribution >= 4 is 22.6 Å². The summed E-state index contributed by atoms with van der Waals surface area (Å²) in [5.74, 6) is 0.387. The topological polar surface area (TPSA) is 85.2 Å². The number of aromatic nitrogens is 4. The van der Waals surface area contributed by atoms with Crippen LogP contribution in [0.4, 0.5) is 5.82 Å². The van der Waals surface area contributed by atoms with E-state index in [1.165, 1.54) is 0 Å². The number of ether oxygens (including phenoxy) is 1. The van der Waals surface area contributed by atoms with Crippen molar-refractivity contribution in [3.8, 4) is 11.3 Å². The van der Waals surface area contributed by atoms with Crippen LogP contribution in [0.25, 0.3) is 22.2 Å². The predicted molar refractivity (Wildman–Crippen MR) is 102 cm³/mol. The normalized spacial score (nSPS) is 17.9. The maximum Gasteiger partial charge on any atom is 0.228 e. The highest BCUT2D eigenvalue weighted by atomic mass is 16.5. The Morgan fingerprint density at radius 2 is 2.22 bits per heavy atom. The van der Waals surface area contributed by atoms with Crippen molar-refractivity contribution in [1.29, 1.82) is 0 Å². The molecule has 3 aromatic heterocycles. The molecular formula is C19H22N6O2. The van der Waals surface area contributed by atoms with Crippen LogP contribution in [-0.4, -0.2) is 63.4 Å². The fourth-order valence-electron chi connectivity index (χ4n) is 3.19. The molecule has 4 rings (SSSR count). The lowest BCUT2D eigenvalue weighted by Crippen LogP contribution is -2.41. The molecule has 140 valence electrons. The van der Waals surface area contributed by atoms with E-state index in [-0.39, 0.29) is 12.0 Å². The van der Waals surface area contributed by atoms with Crippen LogP contribution in [0.2, 0.25) is 0 Å². The maximum atomic E-state index is 12.3. The molecule has 0 aromatic carbocycles. The third-order valence-corrected chi connectivity index (χ3v) is 4.60. The molecule has 0 radical (unpaired) electrons. The molecule has 3 aromatic rings. The summed E-state index contributed by atoms with van der Waals surface area (Å²) in [4.78, 5) is 23.5. The Morgan fingerprint density at radius 1 is 1.33 bits per heavy atom. The highest BCUT2D eigenvalue weighted by Gasteiger charge is 2.21. The molecule has 0 bridgehead atoms. The number of carbonyl (C=O) groups excluding carboxylic acids is 1. The van der Waals surface area contributed by atoms with Crippen molar-refractivity contribution in [1.82, 2.24) is 24.6 Å². The van der Waals surface area contributed by atoms with Crippen LogP contribution >= 0.6 is 0 Å². The third kappa shape index (κ3) is 4.12. The fourth-order valence-corrected chi connectivity index (χ4v) is 3.19. The van der Waals surface area contributed by atoms with Gasteiger partial charge < -0.3 is 15.0 Å². The summed E-state index contributed by atoms with van der Waals surface area (Å²) >= 11 is 0. The molecule has 4 heterocycles. The van der Waals surface area contributed by atoms with Gasteiger partial charge in [0.05, 0.1) is 36.5 Å². The number of pyridine rings is 2. The highest BCUT2D eigenvalue weighted by Crippen LogP contribution is 2.21. The molecule has 8 heteroatoms. The standard InChI is InChI=1S/C19H22N6O2/c1-24-5-6-27-15(12-24)7-19(26)23-18-8-17-13(9-20-18)3-4-16(22-17)14-10-21-25(2)11-14/h3-4,8-11,15H,5-7,12H2,1-2H3,(H,20,23,26). The van der Waals surface area contributed by atoms with Crippen molar-refractivity contribution in [2.24, 2.45) is 7.05 Å². The van der Waals surface area contributed by atoms with E-state index in [1.54, 1.807) is 23.1 Å². The van der Waals surface area contributed by atoms with Crippen molar-refractivity contribution in [3.63, 3.8) is 0 Å². The van der Waals surface area contributed by atoms with Gasteiger partial charge in [0.25, 0.3) is 0 Å². The molecule has 0 spiro atoms. The van der Waals surface area contributed by atoms with Crippen molar-refractivity contribution in [2.45, 2.75) is 12.5 Å². The molecule has 1 atom stereocenters.